The van der Waals surface area contributed by atoms with Crippen LogP contribution in [0, 0.1) is 0 Å². The van der Waals surface area contributed by atoms with Crippen LogP contribution in [0.5, 0.6) is 11.5 Å². The summed E-state index contributed by atoms with van der Waals surface area (Å²) in [6, 6.07) is 14.4. The minimum absolute atomic E-state index is 0.0460. The summed E-state index contributed by atoms with van der Waals surface area (Å²) in [6.45, 7) is 0. The van der Waals surface area contributed by atoms with E-state index in [-0.39, 0.29) is 23.2 Å². The van der Waals surface area contributed by atoms with Gasteiger partial charge in [0, 0.05) is 11.3 Å². The highest BCUT2D eigenvalue weighted by atomic mass is 32.2. The maximum absolute atomic E-state index is 13.3. The Morgan fingerprint density at radius 1 is 1.24 bits per heavy atom. The normalized spacial score (nSPS) is 15.1. The lowest BCUT2D eigenvalue weighted by molar-refractivity contribution is -0.739. The molecule has 2 aromatic carbocycles. The lowest BCUT2D eigenvalue weighted by Gasteiger charge is -2.18. The lowest BCUT2D eigenvalue weighted by Crippen LogP contribution is -2.31. The molecule has 0 N–H and O–H groups in total. The van der Waals surface area contributed by atoms with Gasteiger partial charge >= 0.3 is 5.88 Å². The number of nitrogens with zero attached hydrogens (tertiary/aromatic N) is 5. The van der Waals surface area contributed by atoms with Crippen molar-refractivity contribution in [3.63, 3.8) is 0 Å². The second-order valence-corrected chi connectivity index (χ2v) is 7.96. The molecule has 0 saturated heterocycles. The van der Waals surface area contributed by atoms with E-state index < -0.39 is 5.90 Å². The predicted molar refractivity (Wildman–Crippen MR) is 126 cm³/mol. The van der Waals surface area contributed by atoms with Gasteiger partial charge in [0.05, 0.1) is 19.9 Å². The zero-order chi connectivity index (χ0) is 24.1. The summed E-state index contributed by atoms with van der Waals surface area (Å²) in [5.41, 5.74) is 1.47. The number of carbonyl (C=O) groups is 1. The highest BCUT2D eigenvalue weighted by Crippen LogP contribution is 2.32. The molecule has 4 rings (SSSR count). The minimum atomic E-state index is -0.447. The van der Waals surface area contributed by atoms with Gasteiger partial charge in [-0.15, -0.1) is 0 Å². The molecule has 1 aliphatic heterocycles. The molecule has 1 aromatic heterocycles. The Morgan fingerprint density at radius 2 is 2.03 bits per heavy atom. The highest BCUT2D eigenvalue weighted by Gasteiger charge is 2.32. The van der Waals surface area contributed by atoms with Gasteiger partial charge in [0.1, 0.15) is 17.2 Å². The number of aromatic nitrogens is 2. The van der Waals surface area contributed by atoms with Crippen molar-refractivity contribution < 1.29 is 28.6 Å². The molecule has 0 atom stereocenters. The van der Waals surface area contributed by atoms with Gasteiger partial charge in [-0.25, -0.2) is 9.98 Å². The van der Waals surface area contributed by atoms with Crippen LogP contribution in [-0.2, 0) is 11.8 Å². The molecule has 0 saturated carbocycles. The number of hydrogen-bond donors (Lipinski definition) is 0. The van der Waals surface area contributed by atoms with Crippen molar-refractivity contribution in [1.82, 2.24) is 5.27 Å². The van der Waals surface area contributed by atoms with Crippen LogP contribution >= 0.6 is 11.8 Å². The van der Waals surface area contributed by atoms with E-state index in [1.807, 2.05) is 18.2 Å². The van der Waals surface area contributed by atoms with Crippen molar-refractivity contribution in [3.05, 3.63) is 66.0 Å². The summed E-state index contributed by atoms with van der Waals surface area (Å²) >= 11 is 1.10. The quantitative estimate of drug-likeness (QED) is 0.220. The van der Waals surface area contributed by atoms with Crippen LogP contribution in [0.2, 0.25) is 0 Å². The standard InChI is InChI=1S/C23H21N5O5S/c1-27-13-21(33-26-27)25-20(29)14-34-23-24-18(22(30)28(23)16-7-5-4-6-8-16)12-15-11-17(31-2)9-10-19(15)32-3/h4-13H,14H2,1-3H3/b18-12+. The molecule has 0 spiro atoms. The van der Waals surface area contributed by atoms with E-state index in [1.54, 1.807) is 57.7 Å². The minimum Gasteiger partial charge on any atom is -0.861 e. The molecule has 174 valence electrons. The maximum Gasteiger partial charge on any atom is 0.320 e. The Labute approximate surface area is 199 Å². The van der Waals surface area contributed by atoms with Crippen LogP contribution in [0.25, 0.3) is 6.08 Å². The Bertz CT molecular complexity index is 1290. The molecule has 1 aliphatic rings. The number of para-hydroxylation sites is 1. The van der Waals surface area contributed by atoms with Crippen molar-refractivity contribution in [3.8, 4) is 11.5 Å². The molecular weight excluding hydrogens is 458 g/mol. The van der Waals surface area contributed by atoms with E-state index in [1.165, 1.54) is 15.8 Å². The van der Waals surface area contributed by atoms with Crippen molar-refractivity contribution in [1.29, 1.82) is 0 Å². The molecule has 0 aliphatic carbocycles. The number of thioether (sulfide) groups is 1. The predicted octanol–water partition coefficient (Wildman–Crippen LogP) is 2.08. The smallest absolute Gasteiger partial charge is 0.320 e. The summed E-state index contributed by atoms with van der Waals surface area (Å²) in [7, 11) is 4.76. The van der Waals surface area contributed by atoms with Gasteiger partial charge in [0.2, 0.25) is 0 Å². The molecule has 10 nitrogen and oxygen atoms in total. The van der Waals surface area contributed by atoms with Gasteiger partial charge < -0.3 is 14.6 Å². The van der Waals surface area contributed by atoms with E-state index >= 15 is 0 Å². The first kappa shape index (κ1) is 23.1. The van der Waals surface area contributed by atoms with Crippen molar-refractivity contribution in [2.45, 2.75) is 0 Å². The molecule has 0 unspecified atom stereocenters. The molecule has 0 radical (unpaired) electrons. The maximum atomic E-state index is 13.3. The zero-order valence-electron chi connectivity index (χ0n) is 18.7. The van der Waals surface area contributed by atoms with E-state index in [4.69, 9.17) is 14.0 Å². The highest BCUT2D eigenvalue weighted by molar-refractivity contribution is 8.14. The number of carbonyl (C=O) groups excluding carboxylic acids is 1. The first-order valence-corrected chi connectivity index (χ1v) is 11.1. The molecule has 1 amide bonds. The Morgan fingerprint density at radius 3 is 2.71 bits per heavy atom. The zero-order valence-corrected chi connectivity index (χ0v) is 19.5. The van der Waals surface area contributed by atoms with Gasteiger partial charge in [-0.05, 0) is 42.3 Å². The topological polar surface area (TPSA) is 116 Å². The van der Waals surface area contributed by atoms with Crippen LogP contribution in [0.4, 0.5) is 11.6 Å². The van der Waals surface area contributed by atoms with Crippen molar-refractivity contribution in [2.75, 3.05) is 24.9 Å². The molecule has 34 heavy (non-hydrogen) atoms. The Balaban J connectivity index is 1.66. The molecule has 0 fully saturated rings. The summed E-state index contributed by atoms with van der Waals surface area (Å²) in [6.07, 6.45) is 3.12. The fourth-order valence-electron chi connectivity index (χ4n) is 3.14. The van der Waals surface area contributed by atoms with Crippen molar-refractivity contribution in [2.24, 2.45) is 17.0 Å². The van der Waals surface area contributed by atoms with Gasteiger partial charge in [0.25, 0.3) is 12.1 Å². The number of hydrogen-bond acceptors (Lipinski definition) is 9. The number of amidine groups is 1. The van der Waals surface area contributed by atoms with E-state index in [0.29, 0.717) is 27.9 Å². The monoisotopic (exact) mass is 479 g/mol. The fourth-order valence-corrected chi connectivity index (χ4v) is 3.94. The molecule has 11 heteroatoms. The molecule has 3 aromatic rings. The van der Waals surface area contributed by atoms with Crippen LogP contribution in [-0.4, -0.2) is 42.2 Å². The average molecular weight is 480 g/mol. The SMILES string of the molecule is COc1ccc(OC)c(/C=C2/N=C(SC/C([O-])=N/c3c[n+](C)no3)N(c3ccccc3)C2=O)c1. The molecule has 0 bridgehead atoms. The van der Waals surface area contributed by atoms with Gasteiger partial charge in [-0.2, -0.15) is 0 Å². The Hall–Kier alpha value is -4.12. The number of aliphatic imine (C=N–C) groups is 2. The second kappa shape index (κ2) is 10.2. The summed E-state index contributed by atoms with van der Waals surface area (Å²) in [4.78, 5) is 23.2. The number of benzene rings is 2. The van der Waals surface area contributed by atoms with Gasteiger partial charge in [-0.3, -0.25) is 14.2 Å². The molecule has 2 heterocycles. The number of methoxy groups -OCH3 is 2. The first-order valence-electron chi connectivity index (χ1n) is 10.1. The Kier molecular flexibility index (Phi) is 6.93. The van der Waals surface area contributed by atoms with Crippen LogP contribution < -0.4 is 24.2 Å². The first-order chi connectivity index (χ1) is 16.5. The number of rotatable bonds is 7. The van der Waals surface area contributed by atoms with E-state index in [0.717, 1.165) is 11.8 Å². The molecular formula is C23H21N5O5S. The number of amides is 1. The van der Waals surface area contributed by atoms with Crippen LogP contribution in [0.15, 0.2) is 74.9 Å². The van der Waals surface area contributed by atoms with Gasteiger partial charge in [0.15, 0.2) is 17.5 Å². The van der Waals surface area contributed by atoms with Crippen LogP contribution in [0.1, 0.15) is 5.56 Å². The number of anilines is 1. The summed E-state index contributed by atoms with van der Waals surface area (Å²) < 4.78 is 17.0. The van der Waals surface area contributed by atoms with Gasteiger partial charge in [-0.1, -0.05) is 34.6 Å². The lowest BCUT2D eigenvalue weighted by atomic mass is 10.1. The number of ether oxygens (including phenoxy) is 2. The second-order valence-electron chi connectivity index (χ2n) is 7.02. The summed E-state index contributed by atoms with van der Waals surface area (Å²) in [5.74, 6) is 0.461. The van der Waals surface area contributed by atoms with Crippen LogP contribution in [0.3, 0.4) is 0 Å². The van der Waals surface area contributed by atoms with Crippen molar-refractivity contribution >= 4 is 46.4 Å². The fraction of sp³-hybridized carbons (Fsp3) is 0.174. The third-order valence-corrected chi connectivity index (χ3v) is 5.62. The number of aryl methyl sites for hydroxylation is 1. The third kappa shape index (κ3) is 5.09. The largest absolute Gasteiger partial charge is 0.861 e. The average Bonchev–Trinajstić information content (AvgIpc) is 3.40. The third-order valence-electron chi connectivity index (χ3n) is 4.69. The van der Waals surface area contributed by atoms with E-state index in [2.05, 4.69) is 15.3 Å². The summed E-state index contributed by atoms with van der Waals surface area (Å²) in [5, 5.41) is 16.3. The van der Waals surface area contributed by atoms with E-state index in [9.17, 15) is 9.90 Å².